The van der Waals surface area contributed by atoms with E-state index >= 15 is 0 Å². The molecule has 0 aromatic heterocycles. The van der Waals surface area contributed by atoms with Crippen molar-refractivity contribution in [2.45, 2.75) is 52.0 Å². The maximum atomic E-state index is 11.9. The van der Waals surface area contributed by atoms with E-state index < -0.39 is 11.9 Å². The molecular weight excluding hydrogens is 206 g/mol. The Bertz CT molecular complexity index is 261. The van der Waals surface area contributed by atoms with E-state index in [0.717, 1.165) is 25.7 Å². The standard InChI is InChI=1S/C12H21NO3/c1-3-4-5-11(14)13(10-6-7-10)8-9(2)12(15)16/h9-10H,3-8H2,1-2H3,(H,15,16). The molecule has 0 bridgehead atoms. The van der Waals surface area contributed by atoms with Crippen LogP contribution in [0.2, 0.25) is 0 Å². The summed E-state index contributed by atoms with van der Waals surface area (Å²) in [4.78, 5) is 24.4. The summed E-state index contributed by atoms with van der Waals surface area (Å²) in [7, 11) is 0. The van der Waals surface area contributed by atoms with Crippen LogP contribution in [0.25, 0.3) is 0 Å². The van der Waals surface area contributed by atoms with Crippen LogP contribution in [-0.4, -0.2) is 34.5 Å². The Morgan fingerprint density at radius 3 is 2.50 bits per heavy atom. The third-order valence-corrected chi connectivity index (χ3v) is 2.94. The van der Waals surface area contributed by atoms with Crippen LogP contribution >= 0.6 is 0 Å². The minimum Gasteiger partial charge on any atom is -0.481 e. The van der Waals surface area contributed by atoms with Crippen LogP contribution in [0.4, 0.5) is 0 Å². The summed E-state index contributed by atoms with van der Waals surface area (Å²) >= 11 is 0. The normalized spacial score (nSPS) is 16.9. The Hall–Kier alpha value is -1.06. The summed E-state index contributed by atoms with van der Waals surface area (Å²) < 4.78 is 0. The molecule has 0 aromatic rings. The van der Waals surface area contributed by atoms with Gasteiger partial charge in [-0.3, -0.25) is 9.59 Å². The molecule has 0 spiro atoms. The summed E-state index contributed by atoms with van der Waals surface area (Å²) in [5, 5.41) is 8.85. The van der Waals surface area contributed by atoms with Crippen molar-refractivity contribution in [1.82, 2.24) is 4.90 Å². The number of hydrogen-bond donors (Lipinski definition) is 1. The molecule has 1 N–H and O–H groups in total. The lowest BCUT2D eigenvalue weighted by Crippen LogP contribution is -2.38. The molecule has 4 heteroatoms. The Kier molecular flexibility index (Phi) is 4.77. The van der Waals surface area contributed by atoms with Gasteiger partial charge in [0.05, 0.1) is 5.92 Å². The van der Waals surface area contributed by atoms with E-state index in [1.807, 2.05) is 0 Å². The Balaban J connectivity index is 2.47. The SMILES string of the molecule is CCCCC(=O)N(CC(C)C(=O)O)C1CC1. The van der Waals surface area contributed by atoms with Crippen molar-refractivity contribution >= 4 is 11.9 Å². The molecule has 1 atom stereocenters. The summed E-state index contributed by atoms with van der Waals surface area (Å²) in [6.45, 7) is 4.07. The molecule has 0 heterocycles. The zero-order valence-corrected chi connectivity index (χ0v) is 10.1. The summed E-state index contributed by atoms with van der Waals surface area (Å²) in [5.41, 5.74) is 0. The van der Waals surface area contributed by atoms with Crippen LogP contribution in [0.5, 0.6) is 0 Å². The van der Waals surface area contributed by atoms with Gasteiger partial charge in [-0.2, -0.15) is 0 Å². The highest BCUT2D eigenvalue weighted by molar-refractivity contribution is 5.78. The molecule has 4 nitrogen and oxygen atoms in total. The van der Waals surface area contributed by atoms with Crippen molar-refractivity contribution in [2.24, 2.45) is 5.92 Å². The predicted octanol–water partition coefficient (Wildman–Crippen LogP) is 1.89. The lowest BCUT2D eigenvalue weighted by Gasteiger charge is -2.24. The van der Waals surface area contributed by atoms with Gasteiger partial charge in [-0.25, -0.2) is 0 Å². The average molecular weight is 227 g/mol. The topological polar surface area (TPSA) is 57.6 Å². The van der Waals surface area contributed by atoms with E-state index in [4.69, 9.17) is 5.11 Å². The minimum absolute atomic E-state index is 0.123. The van der Waals surface area contributed by atoms with Gasteiger partial charge in [-0.15, -0.1) is 0 Å². The van der Waals surface area contributed by atoms with E-state index in [2.05, 4.69) is 6.92 Å². The van der Waals surface area contributed by atoms with E-state index in [-0.39, 0.29) is 5.91 Å². The van der Waals surface area contributed by atoms with Gasteiger partial charge in [0.1, 0.15) is 0 Å². The van der Waals surface area contributed by atoms with Gasteiger partial charge in [-0.1, -0.05) is 20.3 Å². The molecule has 16 heavy (non-hydrogen) atoms. The number of aliphatic carboxylic acids is 1. The number of carboxylic acid groups (broad SMARTS) is 1. The molecule has 0 aliphatic heterocycles. The molecule has 1 unspecified atom stereocenters. The van der Waals surface area contributed by atoms with Gasteiger partial charge in [0.25, 0.3) is 0 Å². The van der Waals surface area contributed by atoms with E-state index in [1.54, 1.807) is 11.8 Å². The fraction of sp³-hybridized carbons (Fsp3) is 0.833. The van der Waals surface area contributed by atoms with Crippen molar-refractivity contribution in [1.29, 1.82) is 0 Å². The third kappa shape index (κ3) is 3.83. The lowest BCUT2D eigenvalue weighted by atomic mass is 10.1. The van der Waals surface area contributed by atoms with Crippen LogP contribution in [0.15, 0.2) is 0 Å². The maximum absolute atomic E-state index is 11.9. The van der Waals surface area contributed by atoms with Crippen LogP contribution < -0.4 is 0 Å². The molecule has 1 rings (SSSR count). The first-order valence-electron chi connectivity index (χ1n) is 6.08. The van der Waals surface area contributed by atoms with Crippen molar-refractivity contribution in [3.05, 3.63) is 0 Å². The summed E-state index contributed by atoms with van der Waals surface area (Å²) in [6, 6.07) is 0.311. The summed E-state index contributed by atoms with van der Waals surface area (Å²) in [5.74, 6) is -1.17. The zero-order valence-electron chi connectivity index (χ0n) is 10.1. The second kappa shape index (κ2) is 5.87. The third-order valence-electron chi connectivity index (χ3n) is 2.94. The smallest absolute Gasteiger partial charge is 0.308 e. The number of carbonyl (C=O) groups excluding carboxylic acids is 1. The maximum Gasteiger partial charge on any atom is 0.308 e. The van der Waals surface area contributed by atoms with Crippen LogP contribution in [-0.2, 0) is 9.59 Å². The molecule has 1 aliphatic rings. The Labute approximate surface area is 96.6 Å². The Morgan fingerprint density at radius 1 is 1.44 bits per heavy atom. The number of unbranched alkanes of at least 4 members (excludes halogenated alkanes) is 1. The first kappa shape index (κ1) is 13.0. The summed E-state index contributed by atoms with van der Waals surface area (Å²) in [6.07, 6.45) is 4.51. The molecule has 1 fully saturated rings. The van der Waals surface area contributed by atoms with Gasteiger partial charge < -0.3 is 10.0 Å². The highest BCUT2D eigenvalue weighted by atomic mass is 16.4. The first-order chi connectivity index (χ1) is 7.56. The number of nitrogens with zero attached hydrogens (tertiary/aromatic N) is 1. The van der Waals surface area contributed by atoms with Crippen LogP contribution in [0.3, 0.4) is 0 Å². The van der Waals surface area contributed by atoms with Crippen molar-refractivity contribution in [3.8, 4) is 0 Å². The predicted molar refractivity (Wildman–Crippen MR) is 61.1 cm³/mol. The fourth-order valence-electron chi connectivity index (χ4n) is 1.69. The second-order valence-corrected chi connectivity index (χ2v) is 4.62. The van der Waals surface area contributed by atoms with Crippen molar-refractivity contribution in [2.75, 3.05) is 6.54 Å². The van der Waals surface area contributed by atoms with Crippen LogP contribution in [0, 0.1) is 5.92 Å². The number of amides is 1. The highest BCUT2D eigenvalue weighted by Gasteiger charge is 2.33. The molecule has 1 aliphatic carbocycles. The fourth-order valence-corrected chi connectivity index (χ4v) is 1.69. The second-order valence-electron chi connectivity index (χ2n) is 4.62. The minimum atomic E-state index is -0.825. The lowest BCUT2D eigenvalue weighted by molar-refractivity contribution is -0.143. The van der Waals surface area contributed by atoms with Crippen molar-refractivity contribution in [3.63, 3.8) is 0 Å². The van der Waals surface area contributed by atoms with Gasteiger partial charge in [0, 0.05) is 19.0 Å². The van der Waals surface area contributed by atoms with E-state index in [9.17, 15) is 9.59 Å². The van der Waals surface area contributed by atoms with Gasteiger partial charge in [0.15, 0.2) is 0 Å². The molecule has 0 radical (unpaired) electrons. The molecule has 92 valence electrons. The van der Waals surface area contributed by atoms with Crippen LogP contribution in [0.1, 0.15) is 46.0 Å². The number of hydrogen-bond acceptors (Lipinski definition) is 2. The molecule has 0 saturated heterocycles. The van der Waals surface area contributed by atoms with E-state index in [0.29, 0.717) is 19.0 Å². The molecular formula is C12H21NO3. The van der Waals surface area contributed by atoms with Gasteiger partial charge in [0.2, 0.25) is 5.91 Å². The highest BCUT2D eigenvalue weighted by Crippen LogP contribution is 2.28. The first-order valence-corrected chi connectivity index (χ1v) is 6.08. The monoisotopic (exact) mass is 227 g/mol. The number of carbonyl (C=O) groups is 2. The zero-order chi connectivity index (χ0) is 12.1. The van der Waals surface area contributed by atoms with Gasteiger partial charge >= 0.3 is 5.97 Å². The molecule has 1 saturated carbocycles. The largest absolute Gasteiger partial charge is 0.481 e. The Morgan fingerprint density at radius 2 is 2.06 bits per heavy atom. The quantitative estimate of drug-likeness (QED) is 0.722. The molecule has 1 amide bonds. The average Bonchev–Trinajstić information content (AvgIpc) is 3.05. The van der Waals surface area contributed by atoms with Gasteiger partial charge in [-0.05, 0) is 19.3 Å². The van der Waals surface area contributed by atoms with Crippen molar-refractivity contribution < 1.29 is 14.7 Å². The number of carboxylic acids is 1. The van der Waals surface area contributed by atoms with E-state index in [1.165, 1.54) is 0 Å². The molecule has 0 aromatic carbocycles. The number of rotatable bonds is 7.